The number of hydrogen-bond donors (Lipinski definition) is 2. The van der Waals surface area contributed by atoms with Crippen molar-refractivity contribution in [1.82, 2.24) is 5.32 Å². The highest BCUT2D eigenvalue weighted by molar-refractivity contribution is 5.80. The molecule has 5 nitrogen and oxygen atoms in total. The first kappa shape index (κ1) is 17.4. The molecule has 0 aromatic heterocycles. The number of hydrogen-bond acceptors (Lipinski definition) is 4. The molecular formula is C15H22FNO4. The predicted octanol–water partition coefficient (Wildman–Crippen LogP) is 1.50. The first-order valence-electron chi connectivity index (χ1n) is 6.76. The molecule has 1 aromatic rings. The molecule has 21 heavy (non-hydrogen) atoms. The smallest absolute Gasteiger partial charge is 0.260 e. The monoisotopic (exact) mass is 299 g/mol. The summed E-state index contributed by atoms with van der Waals surface area (Å²) >= 11 is 0. The number of amides is 1. The van der Waals surface area contributed by atoms with Crippen molar-refractivity contribution in [1.29, 1.82) is 0 Å². The van der Waals surface area contributed by atoms with Gasteiger partial charge in [-0.05, 0) is 26.0 Å². The van der Waals surface area contributed by atoms with Gasteiger partial charge in [-0.25, -0.2) is 4.39 Å². The number of nitrogens with one attached hydrogen (secondary N) is 1. The van der Waals surface area contributed by atoms with Crippen molar-refractivity contribution in [3.8, 4) is 5.75 Å². The maximum absolute atomic E-state index is 13.4. The Morgan fingerprint density at radius 1 is 1.48 bits per heavy atom. The molecule has 2 unspecified atom stereocenters. The molecule has 0 aliphatic heterocycles. The van der Waals surface area contributed by atoms with Crippen LogP contribution in [0.4, 0.5) is 4.39 Å². The van der Waals surface area contributed by atoms with Crippen molar-refractivity contribution in [3.05, 3.63) is 30.1 Å². The summed E-state index contributed by atoms with van der Waals surface area (Å²) in [5, 5.41) is 12.6. The Bertz CT molecular complexity index is 465. The van der Waals surface area contributed by atoms with Crippen molar-refractivity contribution in [2.75, 3.05) is 20.3 Å². The number of ether oxygens (including phenoxy) is 2. The summed E-state index contributed by atoms with van der Waals surface area (Å²) in [6.45, 7) is 3.59. The van der Waals surface area contributed by atoms with Crippen LogP contribution < -0.4 is 10.1 Å². The van der Waals surface area contributed by atoms with Gasteiger partial charge in [-0.2, -0.15) is 0 Å². The molecule has 6 heteroatoms. The van der Waals surface area contributed by atoms with Gasteiger partial charge in [-0.3, -0.25) is 4.79 Å². The Morgan fingerprint density at radius 2 is 2.14 bits per heavy atom. The first-order valence-corrected chi connectivity index (χ1v) is 6.76. The molecule has 0 aliphatic carbocycles. The predicted molar refractivity (Wildman–Crippen MR) is 76.6 cm³/mol. The van der Waals surface area contributed by atoms with Crippen LogP contribution in [0.1, 0.15) is 20.3 Å². The van der Waals surface area contributed by atoms with E-state index in [0.29, 0.717) is 13.0 Å². The van der Waals surface area contributed by atoms with E-state index in [9.17, 15) is 14.3 Å². The number of aliphatic hydroxyl groups is 1. The molecule has 2 N–H and O–H groups in total. The number of rotatable bonds is 8. The molecule has 0 radical (unpaired) electrons. The lowest BCUT2D eigenvalue weighted by Gasteiger charge is -2.24. The molecular weight excluding hydrogens is 277 g/mol. The van der Waals surface area contributed by atoms with E-state index in [4.69, 9.17) is 9.47 Å². The third-order valence-corrected chi connectivity index (χ3v) is 3.00. The zero-order valence-corrected chi connectivity index (χ0v) is 12.6. The maximum atomic E-state index is 13.4. The van der Waals surface area contributed by atoms with Crippen molar-refractivity contribution in [2.24, 2.45) is 0 Å². The van der Waals surface area contributed by atoms with E-state index < -0.39 is 23.4 Å². The minimum atomic E-state index is -1.07. The lowest BCUT2D eigenvalue weighted by molar-refractivity contribution is -0.128. The highest BCUT2D eigenvalue weighted by Gasteiger charge is 2.23. The summed E-state index contributed by atoms with van der Waals surface area (Å²) in [5.41, 5.74) is -1.07. The Balaban J connectivity index is 2.46. The zero-order chi connectivity index (χ0) is 15.9. The highest BCUT2D eigenvalue weighted by Crippen LogP contribution is 2.17. The third-order valence-electron chi connectivity index (χ3n) is 3.00. The molecule has 1 aromatic carbocycles. The van der Waals surface area contributed by atoms with Crippen LogP contribution in [-0.4, -0.2) is 43.0 Å². The average Bonchev–Trinajstić information content (AvgIpc) is 2.45. The van der Waals surface area contributed by atoms with Gasteiger partial charge in [-0.15, -0.1) is 0 Å². The molecule has 0 bridgehead atoms. The van der Waals surface area contributed by atoms with Crippen LogP contribution in [0.25, 0.3) is 0 Å². The summed E-state index contributed by atoms with van der Waals surface area (Å²) in [5.74, 6) is -0.925. The zero-order valence-electron chi connectivity index (χ0n) is 12.6. The Hall–Kier alpha value is -1.66. The molecule has 0 saturated carbocycles. The fourth-order valence-electron chi connectivity index (χ4n) is 1.62. The quantitative estimate of drug-likeness (QED) is 0.763. The van der Waals surface area contributed by atoms with Gasteiger partial charge in [0.25, 0.3) is 5.91 Å². The lowest BCUT2D eigenvalue weighted by Crippen LogP contribution is -2.45. The lowest BCUT2D eigenvalue weighted by atomic mass is 10.0. The second kappa shape index (κ2) is 7.95. The Labute approximate surface area is 124 Å². The number of halogens is 1. The van der Waals surface area contributed by atoms with Crippen LogP contribution >= 0.6 is 0 Å². The molecule has 0 spiro atoms. The van der Waals surface area contributed by atoms with E-state index in [1.165, 1.54) is 19.1 Å². The first-order chi connectivity index (χ1) is 9.85. The molecule has 1 amide bonds. The number of carbonyl (C=O) groups excluding carboxylic acids is 1. The third kappa shape index (κ3) is 6.10. The second-order valence-electron chi connectivity index (χ2n) is 5.15. The van der Waals surface area contributed by atoms with Gasteiger partial charge < -0.3 is 19.9 Å². The SMILES string of the molecule is COCCC(C)(O)CNC(=O)C(C)Oc1ccccc1F. The van der Waals surface area contributed by atoms with E-state index in [1.54, 1.807) is 26.2 Å². The van der Waals surface area contributed by atoms with E-state index in [0.717, 1.165) is 0 Å². The van der Waals surface area contributed by atoms with E-state index >= 15 is 0 Å². The molecule has 0 fully saturated rings. The summed E-state index contributed by atoms with van der Waals surface area (Å²) in [6.07, 6.45) is -0.466. The number of carbonyl (C=O) groups is 1. The Kier molecular flexibility index (Phi) is 6.58. The highest BCUT2D eigenvalue weighted by atomic mass is 19.1. The van der Waals surface area contributed by atoms with Gasteiger partial charge in [-0.1, -0.05) is 12.1 Å². The van der Waals surface area contributed by atoms with Crippen molar-refractivity contribution >= 4 is 5.91 Å². The minimum absolute atomic E-state index is 0.0197. The van der Waals surface area contributed by atoms with Gasteiger partial charge in [0.15, 0.2) is 17.7 Å². The fraction of sp³-hybridized carbons (Fsp3) is 0.533. The van der Waals surface area contributed by atoms with Gasteiger partial charge in [0.2, 0.25) is 0 Å². The van der Waals surface area contributed by atoms with Crippen LogP contribution in [0, 0.1) is 5.82 Å². The molecule has 0 aliphatic rings. The summed E-state index contributed by atoms with van der Waals surface area (Å²) < 4.78 is 23.6. The number of benzene rings is 1. The van der Waals surface area contributed by atoms with Crippen LogP contribution in [0.5, 0.6) is 5.75 Å². The molecule has 0 saturated heterocycles. The van der Waals surface area contributed by atoms with Gasteiger partial charge in [0.05, 0.1) is 5.60 Å². The van der Waals surface area contributed by atoms with E-state index in [-0.39, 0.29) is 12.3 Å². The molecule has 118 valence electrons. The van der Waals surface area contributed by atoms with Gasteiger partial charge >= 0.3 is 0 Å². The van der Waals surface area contributed by atoms with E-state index in [1.807, 2.05) is 0 Å². The normalized spacial score (nSPS) is 15.1. The van der Waals surface area contributed by atoms with E-state index in [2.05, 4.69) is 5.32 Å². The standard InChI is InChI=1S/C15H22FNO4/c1-11(21-13-7-5-4-6-12(13)16)14(18)17-10-15(2,19)8-9-20-3/h4-7,11,19H,8-10H2,1-3H3,(H,17,18). The van der Waals surface area contributed by atoms with Crippen LogP contribution in [0.2, 0.25) is 0 Å². The van der Waals surface area contributed by atoms with Gasteiger partial charge in [0, 0.05) is 26.7 Å². The summed E-state index contributed by atoms with van der Waals surface area (Å²) in [6, 6.07) is 5.88. The van der Waals surface area contributed by atoms with Crippen molar-refractivity contribution in [3.63, 3.8) is 0 Å². The van der Waals surface area contributed by atoms with Crippen molar-refractivity contribution < 1.29 is 23.8 Å². The molecule has 2 atom stereocenters. The van der Waals surface area contributed by atoms with Gasteiger partial charge in [0.1, 0.15) is 0 Å². The second-order valence-corrected chi connectivity index (χ2v) is 5.15. The minimum Gasteiger partial charge on any atom is -0.478 e. The fourth-order valence-corrected chi connectivity index (χ4v) is 1.62. The number of methoxy groups -OCH3 is 1. The average molecular weight is 299 g/mol. The van der Waals surface area contributed by atoms with Crippen LogP contribution in [0.3, 0.4) is 0 Å². The van der Waals surface area contributed by atoms with Crippen LogP contribution in [-0.2, 0) is 9.53 Å². The maximum Gasteiger partial charge on any atom is 0.260 e. The molecule has 0 heterocycles. The largest absolute Gasteiger partial charge is 0.478 e. The summed E-state index contributed by atoms with van der Waals surface area (Å²) in [4.78, 5) is 11.9. The van der Waals surface area contributed by atoms with Crippen LogP contribution in [0.15, 0.2) is 24.3 Å². The van der Waals surface area contributed by atoms with Crippen molar-refractivity contribution in [2.45, 2.75) is 32.0 Å². The summed E-state index contributed by atoms with van der Waals surface area (Å²) in [7, 11) is 1.54. The molecule has 1 rings (SSSR count). The number of para-hydroxylation sites is 1. The Morgan fingerprint density at radius 3 is 2.76 bits per heavy atom. The topological polar surface area (TPSA) is 67.8 Å².